The van der Waals surface area contributed by atoms with Crippen molar-refractivity contribution in [2.45, 2.75) is 17.9 Å². The predicted molar refractivity (Wildman–Crippen MR) is 62.8 cm³/mol. The fourth-order valence-electron chi connectivity index (χ4n) is 1.47. The summed E-state index contributed by atoms with van der Waals surface area (Å²) in [5, 5.41) is 18.9. The molecule has 0 aliphatic carbocycles. The van der Waals surface area contributed by atoms with Gasteiger partial charge in [-0.05, 0) is 19.1 Å². The van der Waals surface area contributed by atoms with Crippen LogP contribution in [0, 0.1) is 5.82 Å². The Bertz CT molecular complexity index is 595. The molecule has 0 radical (unpaired) electrons. The molecule has 1 aromatic carbocycles. The number of hydrogen-bond acceptors (Lipinski definition) is 6. The molecule has 19 heavy (non-hydrogen) atoms. The van der Waals surface area contributed by atoms with Crippen molar-refractivity contribution in [3.05, 3.63) is 23.5 Å². The zero-order valence-electron chi connectivity index (χ0n) is 10.3. The van der Waals surface area contributed by atoms with E-state index in [9.17, 15) is 27.8 Å². The molecular formula is C11H13FO6S. The summed E-state index contributed by atoms with van der Waals surface area (Å²) in [4.78, 5) is 10.3. The second-order valence-electron chi connectivity index (χ2n) is 3.74. The third kappa shape index (κ3) is 3.21. The van der Waals surface area contributed by atoms with Crippen molar-refractivity contribution in [3.63, 3.8) is 0 Å². The fraction of sp³-hybridized carbons (Fsp3) is 0.364. The van der Waals surface area contributed by atoms with Crippen LogP contribution in [0.15, 0.2) is 17.0 Å². The number of carbonyl (C=O) groups excluding carboxylic acids is 1. The molecule has 0 amide bonds. The smallest absolute Gasteiger partial charge is 0.339 e. The van der Waals surface area contributed by atoms with Crippen LogP contribution in [0.1, 0.15) is 18.6 Å². The lowest BCUT2D eigenvalue weighted by molar-refractivity contribution is -0.153. The zero-order valence-corrected chi connectivity index (χ0v) is 11.1. The van der Waals surface area contributed by atoms with Crippen molar-refractivity contribution in [3.8, 4) is 5.75 Å². The molecule has 0 aliphatic rings. The molecule has 1 atom stereocenters. The van der Waals surface area contributed by atoms with Gasteiger partial charge in [-0.1, -0.05) is 0 Å². The lowest BCUT2D eigenvalue weighted by Crippen LogP contribution is -2.18. The normalized spacial score (nSPS) is 13.1. The van der Waals surface area contributed by atoms with Crippen molar-refractivity contribution in [1.29, 1.82) is 0 Å². The number of halogens is 1. The Labute approximate surface area is 109 Å². The van der Waals surface area contributed by atoms with Crippen molar-refractivity contribution in [2.24, 2.45) is 0 Å². The molecule has 0 fully saturated rings. The molecule has 2 N–H and O–H groups in total. The largest absolute Gasteiger partial charge is 0.506 e. The topological polar surface area (TPSA) is 101 Å². The highest BCUT2D eigenvalue weighted by atomic mass is 32.2. The van der Waals surface area contributed by atoms with Crippen LogP contribution < -0.4 is 0 Å². The van der Waals surface area contributed by atoms with Gasteiger partial charge in [-0.15, -0.1) is 0 Å². The van der Waals surface area contributed by atoms with E-state index < -0.39 is 43.9 Å². The average molecular weight is 292 g/mol. The van der Waals surface area contributed by atoms with Crippen molar-refractivity contribution in [1.82, 2.24) is 0 Å². The van der Waals surface area contributed by atoms with Gasteiger partial charge in [0.25, 0.3) is 0 Å². The standard InChI is InChI=1S/C11H13FO6S/c1-3-18-11(15)9(14)6-4-5-7(13)10(8(6)12)19(2,16)17/h4-5,9,13-14H,3H2,1-2H3. The Balaban J connectivity index is 3.37. The first-order valence-electron chi connectivity index (χ1n) is 5.26. The molecule has 0 saturated heterocycles. The molecule has 0 bridgehead atoms. The fourth-order valence-corrected chi connectivity index (χ4v) is 2.36. The highest BCUT2D eigenvalue weighted by Gasteiger charge is 2.28. The molecule has 6 nitrogen and oxygen atoms in total. The Morgan fingerprint density at radius 3 is 2.53 bits per heavy atom. The number of sulfone groups is 1. The number of rotatable bonds is 4. The first-order valence-corrected chi connectivity index (χ1v) is 7.15. The minimum Gasteiger partial charge on any atom is -0.506 e. The van der Waals surface area contributed by atoms with E-state index in [0.29, 0.717) is 6.26 Å². The highest BCUT2D eigenvalue weighted by Crippen LogP contribution is 2.31. The van der Waals surface area contributed by atoms with E-state index in [0.717, 1.165) is 12.1 Å². The number of aromatic hydroxyl groups is 1. The molecule has 0 aromatic heterocycles. The van der Waals surface area contributed by atoms with E-state index in [1.807, 2.05) is 0 Å². The van der Waals surface area contributed by atoms with Crippen molar-refractivity contribution in [2.75, 3.05) is 12.9 Å². The summed E-state index contributed by atoms with van der Waals surface area (Å²) in [6, 6.07) is 1.80. The van der Waals surface area contributed by atoms with Crippen LogP contribution in [0.5, 0.6) is 5.75 Å². The van der Waals surface area contributed by atoms with E-state index in [-0.39, 0.29) is 6.61 Å². The van der Waals surface area contributed by atoms with Crippen molar-refractivity contribution < 1.29 is 32.6 Å². The molecule has 0 heterocycles. The number of ether oxygens (including phenoxy) is 1. The van der Waals surface area contributed by atoms with Gasteiger partial charge in [-0.25, -0.2) is 17.6 Å². The van der Waals surface area contributed by atoms with E-state index in [1.165, 1.54) is 6.92 Å². The number of phenols is 1. The molecule has 1 rings (SSSR count). The van der Waals surface area contributed by atoms with Gasteiger partial charge in [0.2, 0.25) is 0 Å². The quantitative estimate of drug-likeness (QED) is 0.785. The van der Waals surface area contributed by atoms with Gasteiger partial charge in [0.1, 0.15) is 10.6 Å². The summed E-state index contributed by atoms with van der Waals surface area (Å²) < 4.78 is 41.2. The Kier molecular flexibility index (Phi) is 4.48. The van der Waals surface area contributed by atoms with Crippen LogP contribution in [0.2, 0.25) is 0 Å². The highest BCUT2D eigenvalue weighted by molar-refractivity contribution is 7.90. The predicted octanol–water partition coefficient (Wildman–Crippen LogP) is 0.531. The van der Waals surface area contributed by atoms with Gasteiger partial charge in [0.05, 0.1) is 6.61 Å². The van der Waals surface area contributed by atoms with Gasteiger partial charge < -0.3 is 14.9 Å². The Morgan fingerprint density at radius 1 is 1.47 bits per heavy atom. The maximum atomic E-state index is 14.0. The third-order valence-corrected chi connectivity index (χ3v) is 3.41. The molecule has 1 unspecified atom stereocenters. The van der Waals surface area contributed by atoms with Gasteiger partial charge in [-0.2, -0.15) is 0 Å². The summed E-state index contributed by atoms with van der Waals surface area (Å²) in [6.45, 7) is 1.48. The number of phenolic OH excluding ortho intramolecular Hbond substituents is 1. The van der Waals surface area contributed by atoms with Crippen LogP contribution in [0.4, 0.5) is 4.39 Å². The summed E-state index contributed by atoms with van der Waals surface area (Å²) in [6.07, 6.45) is -1.26. The Hall–Kier alpha value is -1.67. The first kappa shape index (κ1) is 15.4. The number of esters is 1. The molecule has 8 heteroatoms. The summed E-state index contributed by atoms with van der Waals surface area (Å²) in [7, 11) is -4.05. The Morgan fingerprint density at radius 2 is 2.05 bits per heavy atom. The minimum absolute atomic E-state index is 0.0193. The van der Waals surface area contributed by atoms with E-state index >= 15 is 0 Å². The zero-order chi connectivity index (χ0) is 14.8. The molecule has 0 aliphatic heterocycles. The average Bonchev–Trinajstić information content (AvgIpc) is 2.26. The van der Waals surface area contributed by atoms with E-state index in [4.69, 9.17) is 0 Å². The monoisotopic (exact) mass is 292 g/mol. The maximum Gasteiger partial charge on any atom is 0.339 e. The second kappa shape index (κ2) is 5.54. The number of aliphatic hydroxyl groups is 1. The SMILES string of the molecule is CCOC(=O)C(O)c1ccc(O)c(S(C)(=O)=O)c1F. The molecule has 0 spiro atoms. The van der Waals surface area contributed by atoms with E-state index in [1.54, 1.807) is 0 Å². The summed E-state index contributed by atoms with van der Waals surface area (Å²) >= 11 is 0. The van der Waals surface area contributed by atoms with Crippen LogP contribution >= 0.6 is 0 Å². The lowest BCUT2D eigenvalue weighted by atomic mass is 10.1. The molecule has 1 aromatic rings. The number of hydrogen-bond donors (Lipinski definition) is 2. The summed E-state index contributed by atoms with van der Waals surface area (Å²) in [5.74, 6) is -3.27. The number of aliphatic hydroxyl groups excluding tert-OH is 1. The van der Waals surface area contributed by atoms with Gasteiger partial charge in [0, 0.05) is 11.8 Å². The lowest BCUT2D eigenvalue weighted by Gasteiger charge is -2.13. The van der Waals surface area contributed by atoms with Gasteiger partial charge in [-0.3, -0.25) is 0 Å². The molecule has 106 valence electrons. The van der Waals surface area contributed by atoms with E-state index in [2.05, 4.69) is 4.74 Å². The first-order chi connectivity index (χ1) is 8.70. The third-order valence-electron chi connectivity index (χ3n) is 2.28. The number of carbonyl (C=O) groups is 1. The minimum atomic E-state index is -4.05. The molecular weight excluding hydrogens is 279 g/mol. The van der Waals surface area contributed by atoms with Crippen LogP contribution in [-0.2, 0) is 19.4 Å². The van der Waals surface area contributed by atoms with Crippen LogP contribution in [0.25, 0.3) is 0 Å². The maximum absolute atomic E-state index is 14.0. The van der Waals surface area contributed by atoms with Crippen molar-refractivity contribution >= 4 is 15.8 Å². The number of benzene rings is 1. The summed E-state index contributed by atoms with van der Waals surface area (Å²) in [5.41, 5.74) is -0.573. The van der Waals surface area contributed by atoms with Crippen LogP contribution in [-0.4, -0.2) is 37.5 Å². The van der Waals surface area contributed by atoms with Crippen LogP contribution in [0.3, 0.4) is 0 Å². The van der Waals surface area contributed by atoms with Gasteiger partial charge >= 0.3 is 5.97 Å². The van der Waals surface area contributed by atoms with Gasteiger partial charge in [0.15, 0.2) is 21.8 Å². The second-order valence-corrected chi connectivity index (χ2v) is 5.70. The molecule has 0 saturated carbocycles.